The lowest BCUT2D eigenvalue weighted by molar-refractivity contribution is -0.137. The first-order valence-corrected chi connectivity index (χ1v) is 5.59. The Bertz CT molecular complexity index is 392. The van der Waals surface area contributed by atoms with Gasteiger partial charge < -0.3 is 0 Å². The lowest BCUT2D eigenvalue weighted by Crippen LogP contribution is -2.10. The molecule has 0 aromatic carbocycles. The van der Waals surface area contributed by atoms with Crippen LogP contribution in [0.25, 0.3) is 0 Å². The Morgan fingerprint density at radius 3 is 2.47 bits per heavy atom. The van der Waals surface area contributed by atoms with Gasteiger partial charge in [0.05, 0.1) is 10.9 Å². The van der Waals surface area contributed by atoms with E-state index in [4.69, 9.17) is 0 Å². The molecule has 0 aliphatic carbocycles. The van der Waals surface area contributed by atoms with E-state index in [-0.39, 0.29) is 21.3 Å². The Morgan fingerprint density at radius 1 is 1.47 bits per heavy atom. The molecule has 0 aliphatic heterocycles. The Balaban J connectivity index is 3.15. The molecular formula is C8H4Br2F3NO. The van der Waals surface area contributed by atoms with Crippen molar-refractivity contribution in [1.82, 2.24) is 4.98 Å². The van der Waals surface area contributed by atoms with Gasteiger partial charge in [-0.15, -0.1) is 0 Å². The number of hydrogen-bond donors (Lipinski definition) is 0. The second kappa shape index (κ2) is 4.61. The van der Waals surface area contributed by atoms with Crippen LogP contribution in [0.4, 0.5) is 13.2 Å². The van der Waals surface area contributed by atoms with Gasteiger partial charge in [-0.3, -0.25) is 9.78 Å². The van der Waals surface area contributed by atoms with E-state index in [2.05, 4.69) is 36.8 Å². The number of ketones is 1. The second-order valence-corrected chi connectivity index (χ2v) is 4.02. The standard InChI is InChI=1S/C8H4Br2F3NO/c9-2-6(15)7-5(10)1-4(3-14-7)8(11,12)13/h1,3H,2H2. The zero-order chi connectivity index (χ0) is 11.6. The maximum absolute atomic E-state index is 12.2. The first-order valence-electron chi connectivity index (χ1n) is 3.68. The summed E-state index contributed by atoms with van der Waals surface area (Å²) in [6.07, 6.45) is -3.81. The molecule has 2 nitrogen and oxygen atoms in total. The summed E-state index contributed by atoms with van der Waals surface area (Å²) in [6, 6.07) is 0.836. The minimum absolute atomic E-state index is 0.0140. The van der Waals surface area contributed by atoms with Crippen LogP contribution in [0.5, 0.6) is 0 Å². The summed E-state index contributed by atoms with van der Waals surface area (Å²) in [5, 5.41) is 0.0178. The average Bonchev–Trinajstić information content (AvgIpc) is 2.15. The smallest absolute Gasteiger partial charge is 0.291 e. The molecule has 7 heteroatoms. The number of alkyl halides is 4. The zero-order valence-electron chi connectivity index (χ0n) is 7.11. The SMILES string of the molecule is O=C(CBr)c1ncc(C(F)(F)F)cc1Br. The number of halogens is 5. The van der Waals surface area contributed by atoms with Gasteiger partial charge in [0.15, 0.2) is 5.78 Å². The van der Waals surface area contributed by atoms with Gasteiger partial charge in [0.2, 0.25) is 0 Å². The summed E-state index contributed by atoms with van der Waals surface area (Å²) >= 11 is 5.79. The molecule has 1 rings (SSSR count). The van der Waals surface area contributed by atoms with Crippen molar-refractivity contribution in [2.45, 2.75) is 6.18 Å². The molecule has 0 bridgehead atoms. The van der Waals surface area contributed by atoms with Gasteiger partial charge in [0.25, 0.3) is 0 Å². The summed E-state index contributed by atoms with van der Waals surface area (Å²) in [6.45, 7) is 0. The minimum atomic E-state index is -4.45. The van der Waals surface area contributed by atoms with Crippen molar-refractivity contribution in [3.8, 4) is 0 Å². The highest BCUT2D eigenvalue weighted by Crippen LogP contribution is 2.31. The second-order valence-electron chi connectivity index (χ2n) is 2.61. The van der Waals surface area contributed by atoms with Crippen LogP contribution in [-0.2, 0) is 6.18 Å². The first kappa shape index (κ1) is 12.6. The minimum Gasteiger partial charge on any atom is -0.291 e. The molecule has 15 heavy (non-hydrogen) atoms. The van der Waals surface area contributed by atoms with Crippen molar-refractivity contribution in [1.29, 1.82) is 0 Å². The van der Waals surface area contributed by atoms with Crippen LogP contribution in [0.2, 0.25) is 0 Å². The van der Waals surface area contributed by atoms with Gasteiger partial charge in [-0.1, -0.05) is 15.9 Å². The number of rotatable bonds is 2. The molecule has 0 fully saturated rings. The molecule has 0 N–H and O–H groups in total. The molecule has 1 aromatic rings. The van der Waals surface area contributed by atoms with Crippen molar-refractivity contribution in [2.75, 3.05) is 5.33 Å². The lowest BCUT2D eigenvalue weighted by atomic mass is 10.2. The topological polar surface area (TPSA) is 30.0 Å². The van der Waals surface area contributed by atoms with E-state index in [9.17, 15) is 18.0 Å². The summed E-state index contributed by atoms with van der Waals surface area (Å²) in [4.78, 5) is 14.6. The molecule has 0 aliphatic rings. The third-order valence-corrected chi connectivity index (χ3v) is 2.67. The van der Waals surface area contributed by atoms with E-state index < -0.39 is 11.7 Å². The van der Waals surface area contributed by atoms with Crippen LogP contribution in [0.3, 0.4) is 0 Å². The number of nitrogens with zero attached hydrogens (tertiary/aromatic N) is 1. The van der Waals surface area contributed by atoms with Crippen LogP contribution in [-0.4, -0.2) is 16.1 Å². The monoisotopic (exact) mass is 345 g/mol. The fourth-order valence-corrected chi connectivity index (χ4v) is 1.70. The van der Waals surface area contributed by atoms with E-state index in [1.165, 1.54) is 0 Å². The van der Waals surface area contributed by atoms with Gasteiger partial charge in [-0.05, 0) is 22.0 Å². The number of aromatic nitrogens is 1. The maximum Gasteiger partial charge on any atom is 0.417 e. The van der Waals surface area contributed by atoms with Crippen LogP contribution in [0.1, 0.15) is 16.1 Å². The van der Waals surface area contributed by atoms with Crippen molar-refractivity contribution < 1.29 is 18.0 Å². The predicted molar refractivity (Wildman–Crippen MR) is 55.1 cm³/mol. The lowest BCUT2D eigenvalue weighted by Gasteiger charge is -2.07. The predicted octanol–water partition coefficient (Wildman–Crippen LogP) is 3.44. The number of pyridine rings is 1. The van der Waals surface area contributed by atoms with Crippen LogP contribution in [0.15, 0.2) is 16.7 Å². The summed E-state index contributed by atoms with van der Waals surface area (Å²) in [5.74, 6) is -0.379. The average molecular weight is 347 g/mol. The molecule has 0 radical (unpaired) electrons. The Kier molecular flexibility index (Phi) is 3.88. The van der Waals surface area contributed by atoms with E-state index in [1.54, 1.807) is 0 Å². The number of hydrogen-bond acceptors (Lipinski definition) is 2. The molecule has 0 saturated heterocycles. The first-order chi connectivity index (χ1) is 6.86. The van der Waals surface area contributed by atoms with E-state index in [0.717, 1.165) is 6.07 Å². The molecule has 82 valence electrons. The molecule has 0 atom stereocenters. The van der Waals surface area contributed by atoms with Crippen molar-refractivity contribution in [3.63, 3.8) is 0 Å². The highest BCUT2D eigenvalue weighted by molar-refractivity contribution is 9.10. The summed E-state index contributed by atoms with van der Waals surface area (Å²) < 4.78 is 36.7. The van der Waals surface area contributed by atoms with E-state index >= 15 is 0 Å². The quantitative estimate of drug-likeness (QED) is 0.606. The van der Waals surface area contributed by atoms with Gasteiger partial charge in [-0.25, -0.2) is 0 Å². The van der Waals surface area contributed by atoms with Gasteiger partial charge in [0.1, 0.15) is 5.69 Å². The summed E-state index contributed by atoms with van der Waals surface area (Å²) in [7, 11) is 0. The normalized spacial score (nSPS) is 11.5. The molecule has 1 aromatic heterocycles. The van der Waals surface area contributed by atoms with E-state index in [1.807, 2.05) is 0 Å². The Hall–Kier alpha value is -0.430. The molecule has 0 unspecified atom stereocenters. The highest BCUT2D eigenvalue weighted by atomic mass is 79.9. The van der Waals surface area contributed by atoms with Crippen molar-refractivity contribution in [3.05, 3.63) is 28.0 Å². The molecule has 1 heterocycles. The number of carbonyl (C=O) groups excluding carboxylic acids is 1. The third kappa shape index (κ3) is 3.01. The van der Waals surface area contributed by atoms with Gasteiger partial charge in [0, 0.05) is 10.7 Å². The third-order valence-electron chi connectivity index (χ3n) is 1.55. The number of carbonyl (C=O) groups is 1. The zero-order valence-corrected chi connectivity index (χ0v) is 10.3. The molecule has 0 amide bonds. The van der Waals surface area contributed by atoms with E-state index in [0.29, 0.717) is 6.20 Å². The number of Topliss-reactive ketones (excluding diaryl/α,β-unsaturated/α-hetero) is 1. The maximum atomic E-state index is 12.2. The summed E-state index contributed by atoms with van der Waals surface area (Å²) in [5.41, 5.74) is -0.902. The molecular weight excluding hydrogens is 343 g/mol. The highest BCUT2D eigenvalue weighted by Gasteiger charge is 2.31. The fraction of sp³-hybridized carbons (Fsp3) is 0.250. The van der Waals surface area contributed by atoms with Crippen LogP contribution in [0, 0.1) is 0 Å². The molecule has 0 saturated carbocycles. The Morgan fingerprint density at radius 2 is 2.07 bits per heavy atom. The fourth-order valence-electron chi connectivity index (χ4n) is 0.861. The Labute approximate surface area is 100 Å². The van der Waals surface area contributed by atoms with Crippen LogP contribution < -0.4 is 0 Å². The van der Waals surface area contributed by atoms with Crippen molar-refractivity contribution >= 4 is 37.6 Å². The van der Waals surface area contributed by atoms with Gasteiger partial charge in [-0.2, -0.15) is 13.2 Å². The van der Waals surface area contributed by atoms with Gasteiger partial charge >= 0.3 is 6.18 Å². The van der Waals surface area contributed by atoms with Crippen molar-refractivity contribution in [2.24, 2.45) is 0 Å². The van der Waals surface area contributed by atoms with Crippen LogP contribution >= 0.6 is 31.9 Å². The molecule has 0 spiro atoms. The largest absolute Gasteiger partial charge is 0.417 e.